The van der Waals surface area contributed by atoms with Gasteiger partial charge in [0.1, 0.15) is 0 Å². The van der Waals surface area contributed by atoms with E-state index in [9.17, 15) is 9.59 Å². The van der Waals surface area contributed by atoms with Crippen molar-refractivity contribution >= 4 is 34.6 Å². The first kappa shape index (κ1) is 20.1. The molecular formula is C19H24N2O4S. The third-order valence-corrected chi connectivity index (χ3v) is 4.91. The molecule has 1 aromatic carbocycles. The Morgan fingerprint density at radius 2 is 1.96 bits per heavy atom. The molecule has 1 aromatic heterocycles. The van der Waals surface area contributed by atoms with Crippen LogP contribution in [0.15, 0.2) is 35.2 Å². The predicted molar refractivity (Wildman–Crippen MR) is 104 cm³/mol. The van der Waals surface area contributed by atoms with Gasteiger partial charge < -0.3 is 20.5 Å². The molecule has 0 saturated carbocycles. The number of aryl methyl sites for hydroxylation is 1. The van der Waals surface area contributed by atoms with Gasteiger partial charge in [0, 0.05) is 46.2 Å². The normalized spacial score (nSPS) is 14.1. The molecule has 0 fully saturated rings. The van der Waals surface area contributed by atoms with Crippen molar-refractivity contribution < 1.29 is 19.8 Å². The Kier molecular flexibility index (Phi) is 6.88. The lowest BCUT2D eigenvalue weighted by Crippen LogP contribution is -2.18. The van der Waals surface area contributed by atoms with E-state index >= 15 is 0 Å². The molecule has 0 aliphatic carbocycles. The first-order valence-corrected chi connectivity index (χ1v) is 9.63. The summed E-state index contributed by atoms with van der Waals surface area (Å²) in [6.45, 7) is 3.27. The van der Waals surface area contributed by atoms with Crippen molar-refractivity contribution in [2.75, 3.05) is 6.26 Å². The molecule has 26 heavy (non-hydrogen) atoms. The van der Waals surface area contributed by atoms with Gasteiger partial charge in [-0.2, -0.15) is 0 Å². The molecule has 0 bridgehead atoms. The Morgan fingerprint density at radius 1 is 1.31 bits per heavy atom. The van der Waals surface area contributed by atoms with E-state index in [4.69, 9.17) is 15.9 Å². The standard InChI is InChI=1S/C15H20N2S.C4H4O4/c1-10(16)8-12-13-9-11(18-2)5-6-15(13)17-7-3-4-14(12)17;5-3(6)1-2-4(7)8/h5-6,9-10H,3-4,7-8,16H2,1-2H3;1-2H,(H,5,6)(H,7,8). The van der Waals surface area contributed by atoms with Crippen LogP contribution >= 0.6 is 11.8 Å². The Morgan fingerprint density at radius 3 is 2.50 bits per heavy atom. The fraction of sp³-hybridized carbons (Fsp3) is 0.368. The smallest absolute Gasteiger partial charge is 0.328 e. The third kappa shape index (κ3) is 4.89. The van der Waals surface area contributed by atoms with Gasteiger partial charge in [0.15, 0.2) is 0 Å². The number of aromatic nitrogens is 1. The number of carboxylic acid groups (broad SMARTS) is 2. The number of benzene rings is 1. The highest BCUT2D eigenvalue weighted by molar-refractivity contribution is 7.98. The number of rotatable bonds is 5. The maximum Gasteiger partial charge on any atom is 0.328 e. The van der Waals surface area contributed by atoms with Crippen molar-refractivity contribution in [1.29, 1.82) is 0 Å². The molecule has 2 heterocycles. The van der Waals surface area contributed by atoms with Gasteiger partial charge in [-0.05, 0) is 56.2 Å². The van der Waals surface area contributed by atoms with Crippen LogP contribution in [-0.2, 0) is 29.0 Å². The average Bonchev–Trinajstić information content (AvgIpc) is 3.16. The molecule has 6 nitrogen and oxygen atoms in total. The molecule has 0 spiro atoms. The molecule has 0 saturated heterocycles. The van der Waals surface area contributed by atoms with Crippen molar-refractivity contribution in [1.82, 2.24) is 4.57 Å². The molecule has 3 rings (SSSR count). The van der Waals surface area contributed by atoms with Crippen LogP contribution in [0.3, 0.4) is 0 Å². The molecule has 1 atom stereocenters. The van der Waals surface area contributed by atoms with Crippen molar-refractivity contribution in [3.8, 4) is 0 Å². The van der Waals surface area contributed by atoms with Gasteiger partial charge in [-0.1, -0.05) is 0 Å². The lowest BCUT2D eigenvalue weighted by molar-refractivity contribution is -0.134. The minimum absolute atomic E-state index is 0.235. The predicted octanol–water partition coefficient (Wildman–Crippen LogP) is 2.91. The highest BCUT2D eigenvalue weighted by atomic mass is 32.2. The molecular weight excluding hydrogens is 352 g/mol. The number of nitrogens with two attached hydrogens (primary N) is 1. The van der Waals surface area contributed by atoms with Gasteiger partial charge >= 0.3 is 11.9 Å². The number of carboxylic acids is 2. The molecule has 0 radical (unpaired) electrons. The number of hydrogen-bond acceptors (Lipinski definition) is 4. The molecule has 2 aromatic rings. The molecule has 1 unspecified atom stereocenters. The fourth-order valence-corrected chi connectivity index (χ4v) is 3.66. The second-order valence-corrected chi connectivity index (χ2v) is 7.13. The van der Waals surface area contributed by atoms with E-state index in [-0.39, 0.29) is 6.04 Å². The van der Waals surface area contributed by atoms with Crippen molar-refractivity contribution in [2.45, 2.75) is 43.7 Å². The van der Waals surface area contributed by atoms with Crippen LogP contribution in [-0.4, -0.2) is 39.0 Å². The van der Waals surface area contributed by atoms with Crippen molar-refractivity contribution in [2.24, 2.45) is 5.73 Å². The second kappa shape index (κ2) is 8.91. The molecule has 7 heteroatoms. The largest absolute Gasteiger partial charge is 0.478 e. The van der Waals surface area contributed by atoms with Crippen LogP contribution in [0.5, 0.6) is 0 Å². The average molecular weight is 376 g/mol. The zero-order valence-corrected chi connectivity index (χ0v) is 15.8. The summed E-state index contributed by atoms with van der Waals surface area (Å²) in [5.74, 6) is -2.51. The van der Waals surface area contributed by atoms with E-state index in [1.54, 1.807) is 0 Å². The van der Waals surface area contributed by atoms with Gasteiger partial charge in [-0.25, -0.2) is 9.59 Å². The lowest BCUT2D eigenvalue weighted by atomic mass is 10.0. The Hall–Kier alpha value is -2.25. The number of hydrogen-bond donors (Lipinski definition) is 3. The van der Waals surface area contributed by atoms with Gasteiger partial charge in [0.25, 0.3) is 0 Å². The summed E-state index contributed by atoms with van der Waals surface area (Å²) < 4.78 is 2.50. The molecule has 1 aliphatic heterocycles. The highest BCUT2D eigenvalue weighted by Gasteiger charge is 2.21. The number of aliphatic carboxylic acids is 2. The van der Waals surface area contributed by atoms with Gasteiger partial charge in [0.2, 0.25) is 0 Å². The quantitative estimate of drug-likeness (QED) is 0.547. The van der Waals surface area contributed by atoms with E-state index in [1.807, 2.05) is 11.8 Å². The minimum Gasteiger partial charge on any atom is -0.478 e. The molecule has 4 N–H and O–H groups in total. The Balaban J connectivity index is 0.000000260. The fourth-order valence-electron chi connectivity index (χ4n) is 3.22. The van der Waals surface area contributed by atoms with E-state index in [0.717, 1.165) is 6.42 Å². The van der Waals surface area contributed by atoms with Crippen LogP contribution in [0.25, 0.3) is 10.9 Å². The molecule has 1 aliphatic rings. The first-order chi connectivity index (χ1) is 12.3. The third-order valence-electron chi connectivity index (χ3n) is 4.18. The first-order valence-electron chi connectivity index (χ1n) is 8.41. The van der Waals surface area contributed by atoms with E-state index in [2.05, 4.69) is 35.9 Å². The van der Waals surface area contributed by atoms with E-state index in [0.29, 0.717) is 12.2 Å². The number of nitrogens with zero attached hydrogens (tertiary/aromatic N) is 1. The van der Waals surface area contributed by atoms with Crippen molar-refractivity contribution in [3.63, 3.8) is 0 Å². The van der Waals surface area contributed by atoms with Crippen LogP contribution in [0, 0.1) is 0 Å². The van der Waals surface area contributed by atoms with Crippen LogP contribution in [0.4, 0.5) is 0 Å². The number of carbonyl (C=O) groups is 2. The number of fused-ring (bicyclic) bond motifs is 3. The van der Waals surface area contributed by atoms with Gasteiger partial charge in [0.05, 0.1) is 0 Å². The summed E-state index contributed by atoms with van der Waals surface area (Å²) in [5, 5.41) is 17.0. The summed E-state index contributed by atoms with van der Waals surface area (Å²) in [5.41, 5.74) is 10.4. The maximum atomic E-state index is 9.55. The maximum absolute atomic E-state index is 9.55. The van der Waals surface area contributed by atoms with Gasteiger partial charge in [-0.3, -0.25) is 0 Å². The summed E-state index contributed by atoms with van der Waals surface area (Å²) in [4.78, 5) is 20.5. The summed E-state index contributed by atoms with van der Waals surface area (Å²) in [6.07, 6.45) is 6.74. The lowest BCUT2D eigenvalue weighted by Gasteiger charge is -2.06. The van der Waals surface area contributed by atoms with Crippen LogP contribution in [0.1, 0.15) is 24.6 Å². The Labute approximate surface area is 156 Å². The zero-order chi connectivity index (χ0) is 19.3. The summed E-state index contributed by atoms with van der Waals surface area (Å²) in [6, 6.07) is 7.08. The number of thioether (sulfide) groups is 1. The summed E-state index contributed by atoms with van der Waals surface area (Å²) in [7, 11) is 0. The zero-order valence-electron chi connectivity index (χ0n) is 14.9. The molecule has 140 valence electrons. The van der Waals surface area contributed by atoms with Crippen molar-refractivity contribution in [3.05, 3.63) is 41.6 Å². The van der Waals surface area contributed by atoms with Gasteiger partial charge in [-0.15, -0.1) is 11.8 Å². The van der Waals surface area contributed by atoms with Crippen LogP contribution in [0.2, 0.25) is 0 Å². The minimum atomic E-state index is -1.26. The SMILES string of the molecule is CSc1ccc2c(c1)c(CC(C)N)c1n2CCC1.O=C(O)C=CC(=O)O. The highest BCUT2D eigenvalue weighted by Crippen LogP contribution is 2.34. The van der Waals surface area contributed by atoms with Crippen LogP contribution < -0.4 is 5.73 Å². The Bertz CT molecular complexity index is 824. The van der Waals surface area contributed by atoms with E-state index < -0.39 is 11.9 Å². The monoisotopic (exact) mass is 376 g/mol. The summed E-state index contributed by atoms with van der Waals surface area (Å²) >= 11 is 1.81. The van der Waals surface area contributed by atoms with E-state index in [1.165, 1.54) is 46.4 Å². The topological polar surface area (TPSA) is 106 Å². The second-order valence-electron chi connectivity index (χ2n) is 6.25. The molecule has 0 amide bonds.